The van der Waals surface area contributed by atoms with E-state index < -0.39 is 16.1 Å². The number of nitrogens with one attached hydrogen (secondary N) is 1. The lowest BCUT2D eigenvalue weighted by molar-refractivity contribution is -0.126. The number of hydrogen-bond acceptors (Lipinski definition) is 6. The summed E-state index contributed by atoms with van der Waals surface area (Å²) in [6, 6.07) is 10.5. The quantitative estimate of drug-likeness (QED) is 0.569. The first-order valence-electron chi connectivity index (χ1n) is 11.1. The molecule has 1 N–H and O–H groups in total. The minimum Gasteiger partial charge on any atom is -0.344 e. The topological polar surface area (TPSA) is 105 Å². The zero-order valence-electron chi connectivity index (χ0n) is 19.3. The van der Waals surface area contributed by atoms with Gasteiger partial charge in [0.05, 0.1) is 4.90 Å². The van der Waals surface area contributed by atoms with Crippen molar-refractivity contribution in [1.82, 2.24) is 19.8 Å². The molecule has 1 saturated heterocycles. The second-order valence-electron chi connectivity index (χ2n) is 8.64. The first-order valence-corrected chi connectivity index (χ1v) is 12.6. The Bertz CT molecular complexity index is 1280. The highest BCUT2D eigenvalue weighted by molar-refractivity contribution is 7.89. The highest BCUT2D eigenvalue weighted by atomic mass is 32.2. The first-order chi connectivity index (χ1) is 16.1. The number of aromatic nitrogens is 2. The lowest BCUT2D eigenvalue weighted by Gasteiger charge is -2.31. The third-order valence-corrected chi connectivity index (χ3v) is 8.11. The van der Waals surface area contributed by atoms with Gasteiger partial charge in [-0.1, -0.05) is 22.9 Å². The Kier molecular flexibility index (Phi) is 6.81. The van der Waals surface area contributed by atoms with E-state index in [2.05, 4.69) is 15.5 Å². The van der Waals surface area contributed by atoms with Crippen LogP contribution in [-0.4, -0.2) is 41.9 Å². The molecule has 1 amide bonds. The molecular weight excluding hydrogens is 459 g/mol. The van der Waals surface area contributed by atoms with E-state index in [9.17, 15) is 17.6 Å². The summed E-state index contributed by atoms with van der Waals surface area (Å²) in [5.74, 6) is -0.311. The predicted octanol–water partition coefficient (Wildman–Crippen LogP) is 3.77. The van der Waals surface area contributed by atoms with Gasteiger partial charge in [-0.2, -0.15) is 9.29 Å². The molecule has 1 atom stereocenters. The third kappa shape index (κ3) is 5.02. The van der Waals surface area contributed by atoms with Crippen molar-refractivity contribution >= 4 is 15.9 Å². The molecule has 2 aromatic carbocycles. The van der Waals surface area contributed by atoms with E-state index in [1.165, 1.54) is 16.4 Å². The second-order valence-corrected chi connectivity index (χ2v) is 10.5. The van der Waals surface area contributed by atoms with Gasteiger partial charge in [0.2, 0.25) is 27.6 Å². The van der Waals surface area contributed by atoms with Crippen LogP contribution in [0.5, 0.6) is 0 Å². The molecule has 1 aliphatic heterocycles. The maximum Gasteiger partial charge on any atom is 0.249 e. The molecule has 2 heterocycles. The van der Waals surface area contributed by atoms with Crippen LogP contribution in [0.1, 0.15) is 42.8 Å². The van der Waals surface area contributed by atoms with Crippen LogP contribution in [0.3, 0.4) is 0 Å². The summed E-state index contributed by atoms with van der Waals surface area (Å²) in [5.41, 5.74) is 2.33. The van der Waals surface area contributed by atoms with E-state index in [1.54, 1.807) is 38.1 Å². The number of carbonyl (C=O) groups is 1. The molecule has 0 saturated carbocycles. The number of rotatable bonds is 6. The Morgan fingerprint density at radius 2 is 1.82 bits per heavy atom. The SMILES string of the molecule is Cc1ccc(S(=O)(=O)N2CCC(C(=O)NC(C)c3nc(-c4ccc(F)cc4)no3)CC2)c(C)c1. The maximum absolute atomic E-state index is 13.1. The van der Waals surface area contributed by atoms with Crippen LogP contribution in [0.25, 0.3) is 11.4 Å². The van der Waals surface area contributed by atoms with E-state index >= 15 is 0 Å². The molecule has 1 aliphatic rings. The van der Waals surface area contributed by atoms with Gasteiger partial charge in [-0.25, -0.2) is 12.8 Å². The molecule has 4 rings (SSSR count). The minimum atomic E-state index is -3.61. The molecule has 1 aromatic heterocycles. The van der Waals surface area contributed by atoms with Crippen LogP contribution in [-0.2, 0) is 14.8 Å². The maximum atomic E-state index is 13.1. The van der Waals surface area contributed by atoms with Gasteiger partial charge in [-0.15, -0.1) is 0 Å². The number of sulfonamides is 1. The smallest absolute Gasteiger partial charge is 0.249 e. The lowest BCUT2D eigenvalue weighted by Crippen LogP contribution is -2.43. The van der Waals surface area contributed by atoms with E-state index in [4.69, 9.17) is 4.52 Å². The highest BCUT2D eigenvalue weighted by Crippen LogP contribution is 2.27. The molecule has 0 aliphatic carbocycles. The predicted molar refractivity (Wildman–Crippen MR) is 124 cm³/mol. The Morgan fingerprint density at radius 3 is 2.47 bits per heavy atom. The molecule has 0 spiro atoms. The average molecular weight is 487 g/mol. The van der Waals surface area contributed by atoms with Crippen molar-refractivity contribution in [2.75, 3.05) is 13.1 Å². The standard InChI is InChI=1S/C24H27FN4O4S/c1-15-4-9-21(16(2)14-15)34(31,32)29-12-10-19(11-13-29)23(30)26-17(3)24-27-22(28-33-24)18-5-7-20(25)8-6-18/h4-9,14,17,19H,10-13H2,1-3H3,(H,26,30). The first kappa shape index (κ1) is 24.0. The second kappa shape index (κ2) is 9.63. The fourth-order valence-electron chi connectivity index (χ4n) is 4.11. The van der Waals surface area contributed by atoms with Crippen LogP contribution >= 0.6 is 0 Å². The number of benzene rings is 2. The number of aryl methyl sites for hydroxylation is 2. The van der Waals surface area contributed by atoms with Gasteiger partial charge in [0.1, 0.15) is 11.9 Å². The third-order valence-electron chi connectivity index (χ3n) is 6.05. The summed E-state index contributed by atoms with van der Waals surface area (Å²) in [7, 11) is -3.61. The van der Waals surface area contributed by atoms with Crippen molar-refractivity contribution in [3.05, 3.63) is 65.3 Å². The number of hydrogen-bond donors (Lipinski definition) is 1. The van der Waals surface area contributed by atoms with Gasteiger partial charge in [0.15, 0.2) is 0 Å². The monoisotopic (exact) mass is 486 g/mol. The number of halogens is 1. The van der Waals surface area contributed by atoms with Gasteiger partial charge >= 0.3 is 0 Å². The van der Waals surface area contributed by atoms with Gasteiger partial charge in [-0.3, -0.25) is 4.79 Å². The largest absolute Gasteiger partial charge is 0.344 e. The normalized spacial score (nSPS) is 16.4. The highest BCUT2D eigenvalue weighted by Gasteiger charge is 2.33. The van der Waals surface area contributed by atoms with Gasteiger partial charge in [0, 0.05) is 24.6 Å². The van der Waals surface area contributed by atoms with Crippen LogP contribution < -0.4 is 5.32 Å². The van der Waals surface area contributed by atoms with E-state index in [0.29, 0.717) is 34.7 Å². The van der Waals surface area contributed by atoms with Crippen LogP contribution in [0.15, 0.2) is 51.9 Å². The molecule has 0 bridgehead atoms. The molecule has 180 valence electrons. The number of piperidine rings is 1. The number of nitrogens with zero attached hydrogens (tertiary/aromatic N) is 3. The zero-order chi connectivity index (χ0) is 24.5. The summed E-state index contributed by atoms with van der Waals surface area (Å²) in [5, 5.41) is 6.78. The molecule has 0 radical (unpaired) electrons. The van der Waals surface area contributed by atoms with Crippen molar-refractivity contribution in [1.29, 1.82) is 0 Å². The van der Waals surface area contributed by atoms with Crippen molar-refractivity contribution in [2.45, 2.75) is 44.6 Å². The van der Waals surface area contributed by atoms with E-state index in [0.717, 1.165) is 5.56 Å². The number of amides is 1. The summed E-state index contributed by atoms with van der Waals surface area (Å²) >= 11 is 0. The summed E-state index contributed by atoms with van der Waals surface area (Å²) in [4.78, 5) is 17.4. The van der Waals surface area contributed by atoms with Gasteiger partial charge in [-0.05, 0) is 69.5 Å². The molecule has 8 nitrogen and oxygen atoms in total. The van der Waals surface area contributed by atoms with Crippen molar-refractivity contribution in [2.24, 2.45) is 5.92 Å². The van der Waals surface area contributed by atoms with Crippen molar-refractivity contribution < 1.29 is 22.1 Å². The van der Waals surface area contributed by atoms with Crippen LogP contribution in [0.2, 0.25) is 0 Å². The minimum absolute atomic E-state index is 0.183. The fourth-order valence-corrected chi connectivity index (χ4v) is 5.78. The summed E-state index contributed by atoms with van der Waals surface area (Å²) < 4.78 is 46.0. The molecule has 34 heavy (non-hydrogen) atoms. The van der Waals surface area contributed by atoms with Gasteiger partial charge in [0.25, 0.3) is 0 Å². The molecule has 1 unspecified atom stereocenters. The van der Waals surface area contributed by atoms with Crippen molar-refractivity contribution in [3.63, 3.8) is 0 Å². The van der Waals surface area contributed by atoms with Crippen LogP contribution in [0, 0.1) is 25.6 Å². The number of carbonyl (C=O) groups excluding carboxylic acids is 1. The summed E-state index contributed by atoms with van der Waals surface area (Å²) in [6.07, 6.45) is 0.848. The Labute approximate surface area is 198 Å². The Balaban J connectivity index is 1.35. The van der Waals surface area contributed by atoms with E-state index in [-0.39, 0.29) is 36.6 Å². The lowest BCUT2D eigenvalue weighted by atomic mass is 9.97. The summed E-state index contributed by atoms with van der Waals surface area (Å²) in [6.45, 7) is 6.00. The molecule has 10 heteroatoms. The zero-order valence-corrected chi connectivity index (χ0v) is 20.1. The molecular formula is C24H27FN4O4S. The van der Waals surface area contributed by atoms with Crippen LogP contribution in [0.4, 0.5) is 4.39 Å². The average Bonchev–Trinajstić information content (AvgIpc) is 3.30. The molecule has 1 fully saturated rings. The Hall–Kier alpha value is -3.11. The molecule has 3 aromatic rings. The Morgan fingerprint density at radius 1 is 1.15 bits per heavy atom. The van der Waals surface area contributed by atoms with Gasteiger partial charge < -0.3 is 9.84 Å². The fraction of sp³-hybridized carbons (Fsp3) is 0.375. The van der Waals surface area contributed by atoms with Crippen molar-refractivity contribution in [3.8, 4) is 11.4 Å². The van der Waals surface area contributed by atoms with E-state index in [1.807, 2.05) is 13.0 Å².